The number of anilines is 1. The second kappa shape index (κ2) is 5.38. The standard InChI is InChI=1S/C14H21N5OS/c1-14(2,3)12-17-18-13(21-12)16-9-5-8-20-10(9)11-15-6-7-19(11)4/h6-7,9-10H,5,8H2,1-4H3,(H,16,18)/t9-,10-/m0/s1. The summed E-state index contributed by atoms with van der Waals surface area (Å²) in [5, 5.41) is 13.9. The molecule has 0 spiro atoms. The van der Waals surface area contributed by atoms with Crippen molar-refractivity contribution < 1.29 is 4.74 Å². The first-order valence-corrected chi connectivity index (χ1v) is 7.96. The predicted molar refractivity (Wildman–Crippen MR) is 82.5 cm³/mol. The van der Waals surface area contributed by atoms with E-state index in [1.54, 1.807) is 17.5 Å². The molecule has 0 aliphatic carbocycles. The molecule has 3 heterocycles. The molecule has 21 heavy (non-hydrogen) atoms. The summed E-state index contributed by atoms with van der Waals surface area (Å²) in [7, 11) is 1.99. The topological polar surface area (TPSA) is 64.9 Å². The number of imidazole rings is 1. The Morgan fingerprint density at radius 3 is 2.81 bits per heavy atom. The van der Waals surface area contributed by atoms with E-state index in [9.17, 15) is 0 Å². The fourth-order valence-electron chi connectivity index (χ4n) is 2.39. The molecular weight excluding hydrogens is 286 g/mol. The van der Waals surface area contributed by atoms with Gasteiger partial charge in [-0.2, -0.15) is 0 Å². The Morgan fingerprint density at radius 2 is 2.19 bits per heavy atom. The van der Waals surface area contributed by atoms with E-state index in [2.05, 4.69) is 41.3 Å². The van der Waals surface area contributed by atoms with Crippen molar-refractivity contribution >= 4 is 16.5 Å². The molecule has 3 rings (SSSR count). The molecule has 2 atom stereocenters. The van der Waals surface area contributed by atoms with E-state index in [1.807, 2.05) is 17.8 Å². The largest absolute Gasteiger partial charge is 0.368 e. The monoisotopic (exact) mass is 307 g/mol. The number of ether oxygens (including phenoxy) is 1. The summed E-state index contributed by atoms with van der Waals surface area (Å²) in [6, 6.07) is 0.187. The summed E-state index contributed by atoms with van der Waals surface area (Å²) in [4.78, 5) is 4.40. The molecule has 114 valence electrons. The Bertz CT molecular complexity index is 615. The number of hydrogen-bond acceptors (Lipinski definition) is 6. The number of aryl methyl sites for hydroxylation is 1. The highest BCUT2D eigenvalue weighted by molar-refractivity contribution is 7.15. The van der Waals surface area contributed by atoms with Crippen LogP contribution in [0.1, 0.15) is 44.1 Å². The molecule has 2 aromatic rings. The SMILES string of the molecule is Cn1ccnc1[C@H]1OCC[C@@H]1Nc1nnc(C(C)(C)C)s1. The van der Waals surface area contributed by atoms with Gasteiger partial charge >= 0.3 is 0 Å². The van der Waals surface area contributed by atoms with Gasteiger partial charge in [0.1, 0.15) is 16.9 Å². The van der Waals surface area contributed by atoms with Gasteiger partial charge in [0.25, 0.3) is 0 Å². The minimum atomic E-state index is -0.0352. The van der Waals surface area contributed by atoms with E-state index in [1.165, 1.54) is 0 Å². The molecule has 2 aromatic heterocycles. The summed E-state index contributed by atoms with van der Waals surface area (Å²) >= 11 is 1.61. The first kappa shape index (κ1) is 14.5. The highest BCUT2D eigenvalue weighted by atomic mass is 32.1. The second-order valence-corrected chi connectivity index (χ2v) is 7.37. The molecule has 0 amide bonds. The highest BCUT2D eigenvalue weighted by Crippen LogP contribution is 2.33. The van der Waals surface area contributed by atoms with E-state index in [0.717, 1.165) is 29.0 Å². The molecular formula is C14H21N5OS. The Kier molecular flexibility index (Phi) is 3.71. The minimum Gasteiger partial charge on any atom is -0.368 e. The number of nitrogens with one attached hydrogen (secondary N) is 1. The van der Waals surface area contributed by atoms with Crippen molar-refractivity contribution in [2.45, 2.75) is 44.8 Å². The van der Waals surface area contributed by atoms with Crippen molar-refractivity contribution in [3.05, 3.63) is 23.2 Å². The van der Waals surface area contributed by atoms with Crippen LogP contribution in [0.4, 0.5) is 5.13 Å². The highest BCUT2D eigenvalue weighted by Gasteiger charge is 2.33. The quantitative estimate of drug-likeness (QED) is 0.944. The van der Waals surface area contributed by atoms with Crippen LogP contribution in [0, 0.1) is 0 Å². The average molecular weight is 307 g/mol. The van der Waals surface area contributed by atoms with Gasteiger partial charge < -0.3 is 14.6 Å². The van der Waals surface area contributed by atoms with Crippen LogP contribution in [0.5, 0.6) is 0 Å². The van der Waals surface area contributed by atoms with Gasteiger partial charge in [0, 0.05) is 31.5 Å². The minimum absolute atomic E-state index is 0.0306. The second-order valence-electron chi connectivity index (χ2n) is 6.39. The van der Waals surface area contributed by atoms with Crippen molar-refractivity contribution in [3.63, 3.8) is 0 Å². The first-order valence-electron chi connectivity index (χ1n) is 7.14. The Balaban J connectivity index is 1.75. The zero-order chi connectivity index (χ0) is 15.0. The van der Waals surface area contributed by atoms with Gasteiger partial charge in [-0.05, 0) is 6.42 Å². The Hall–Kier alpha value is -1.47. The molecule has 1 aliphatic heterocycles. The van der Waals surface area contributed by atoms with Crippen LogP contribution in [-0.4, -0.2) is 32.4 Å². The van der Waals surface area contributed by atoms with E-state index in [-0.39, 0.29) is 17.6 Å². The van der Waals surface area contributed by atoms with Crippen LogP contribution in [0.3, 0.4) is 0 Å². The zero-order valence-electron chi connectivity index (χ0n) is 12.8. The third-order valence-electron chi connectivity index (χ3n) is 3.58. The fraction of sp³-hybridized carbons (Fsp3) is 0.643. The molecule has 1 fully saturated rings. The lowest BCUT2D eigenvalue weighted by atomic mass is 9.98. The number of hydrogen-bond donors (Lipinski definition) is 1. The van der Waals surface area contributed by atoms with Crippen molar-refractivity contribution in [1.82, 2.24) is 19.7 Å². The van der Waals surface area contributed by atoms with Crippen LogP contribution < -0.4 is 5.32 Å². The van der Waals surface area contributed by atoms with E-state index in [0.29, 0.717) is 0 Å². The average Bonchev–Trinajstić information content (AvgIpc) is 3.09. The Morgan fingerprint density at radius 1 is 1.38 bits per heavy atom. The summed E-state index contributed by atoms with van der Waals surface area (Å²) in [5.74, 6) is 0.950. The number of rotatable bonds is 3. The summed E-state index contributed by atoms with van der Waals surface area (Å²) in [5.41, 5.74) is 0.0306. The van der Waals surface area contributed by atoms with E-state index in [4.69, 9.17) is 4.74 Å². The molecule has 0 bridgehead atoms. The van der Waals surface area contributed by atoms with E-state index >= 15 is 0 Å². The van der Waals surface area contributed by atoms with Crippen molar-refractivity contribution in [3.8, 4) is 0 Å². The maximum atomic E-state index is 5.85. The zero-order valence-corrected chi connectivity index (χ0v) is 13.6. The lowest BCUT2D eigenvalue weighted by Gasteiger charge is -2.19. The molecule has 7 heteroatoms. The molecule has 0 radical (unpaired) electrons. The lowest BCUT2D eigenvalue weighted by Crippen LogP contribution is -2.25. The van der Waals surface area contributed by atoms with Gasteiger partial charge in [0.15, 0.2) is 0 Å². The number of aromatic nitrogens is 4. The third-order valence-corrected chi connectivity index (χ3v) is 4.86. The van der Waals surface area contributed by atoms with Crippen LogP contribution in [-0.2, 0) is 17.2 Å². The summed E-state index contributed by atoms with van der Waals surface area (Å²) in [6.45, 7) is 7.17. The van der Waals surface area contributed by atoms with Crippen molar-refractivity contribution in [2.75, 3.05) is 11.9 Å². The molecule has 1 N–H and O–H groups in total. The maximum Gasteiger partial charge on any atom is 0.206 e. The van der Waals surface area contributed by atoms with Crippen LogP contribution >= 0.6 is 11.3 Å². The lowest BCUT2D eigenvalue weighted by molar-refractivity contribution is 0.0983. The van der Waals surface area contributed by atoms with Crippen LogP contribution in [0.2, 0.25) is 0 Å². The maximum absolute atomic E-state index is 5.85. The van der Waals surface area contributed by atoms with Crippen LogP contribution in [0.25, 0.3) is 0 Å². The van der Waals surface area contributed by atoms with E-state index < -0.39 is 0 Å². The number of nitrogens with zero attached hydrogens (tertiary/aromatic N) is 4. The molecule has 0 unspecified atom stereocenters. The Labute approximate surface area is 128 Å². The van der Waals surface area contributed by atoms with Crippen LogP contribution in [0.15, 0.2) is 12.4 Å². The van der Waals surface area contributed by atoms with Gasteiger partial charge in [0.2, 0.25) is 5.13 Å². The van der Waals surface area contributed by atoms with Gasteiger partial charge in [-0.15, -0.1) is 10.2 Å². The third kappa shape index (κ3) is 2.94. The molecule has 6 nitrogen and oxygen atoms in total. The first-order chi connectivity index (χ1) is 9.95. The van der Waals surface area contributed by atoms with Gasteiger partial charge in [-0.3, -0.25) is 0 Å². The molecule has 0 aromatic carbocycles. The molecule has 1 aliphatic rings. The van der Waals surface area contributed by atoms with Gasteiger partial charge in [0.05, 0.1) is 6.04 Å². The smallest absolute Gasteiger partial charge is 0.206 e. The predicted octanol–water partition coefficient (Wildman–Crippen LogP) is 2.51. The summed E-state index contributed by atoms with van der Waals surface area (Å²) in [6.07, 6.45) is 4.65. The molecule has 0 saturated carbocycles. The summed E-state index contributed by atoms with van der Waals surface area (Å²) < 4.78 is 7.85. The normalized spacial score (nSPS) is 22.7. The van der Waals surface area contributed by atoms with Crippen molar-refractivity contribution in [1.29, 1.82) is 0 Å². The van der Waals surface area contributed by atoms with Gasteiger partial charge in [-0.25, -0.2) is 4.98 Å². The van der Waals surface area contributed by atoms with Crippen molar-refractivity contribution in [2.24, 2.45) is 7.05 Å². The fourth-order valence-corrected chi connectivity index (χ4v) is 3.25. The molecule has 1 saturated heterocycles. The van der Waals surface area contributed by atoms with Gasteiger partial charge in [-0.1, -0.05) is 32.1 Å².